The van der Waals surface area contributed by atoms with Gasteiger partial charge < -0.3 is 5.32 Å². The summed E-state index contributed by atoms with van der Waals surface area (Å²) in [6.07, 6.45) is 7.76. The molecule has 2 aromatic rings. The molecule has 1 aromatic heterocycles. The van der Waals surface area contributed by atoms with E-state index in [1.165, 1.54) is 12.1 Å². The van der Waals surface area contributed by atoms with Gasteiger partial charge in [0, 0.05) is 18.3 Å². The summed E-state index contributed by atoms with van der Waals surface area (Å²) in [5.74, 6) is -0.0117. The lowest BCUT2D eigenvalue weighted by Crippen LogP contribution is -2.25. The first-order chi connectivity index (χ1) is 17.2. The molecule has 0 amide bonds. The van der Waals surface area contributed by atoms with E-state index in [-0.39, 0.29) is 29.9 Å². The van der Waals surface area contributed by atoms with Gasteiger partial charge >= 0.3 is 0 Å². The van der Waals surface area contributed by atoms with E-state index in [2.05, 4.69) is 48.4 Å². The first-order valence-electron chi connectivity index (χ1n) is 12.2. The Morgan fingerprint density at radius 2 is 1.86 bits per heavy atom. The number of aliphatic imine (C=N–C) groups is 1. The minimum atomic E-state index is -0.620. The molecule has 0 bridgehead atoms. The number of benzene rings is 1. The van der Waals surface area contributed by atoms with E-state index in [0.29, 0.717) is 41.0 Å². The van der Waals surface area contributed by atoms with Crippen molar-refractivity contribution in [1.29, 1.82) is 5.26 Å². The topological polar surface area (TPSA) is 61.1 Å². The molecule has 0 aliphatic heterocycles. The van der Waals surface area contributed by atoms with Crippen LogP contribution >= 0.6 is 11.6 Å². The molecule has 1 N–H and O–H groups in total. The van der Waals surface area contributed by atoms with Crippen molar-refractivity contribution in [1.82, 2.24) is 4.98 Å². The van der Waals surface area contributed by atoms with E-state index < -0.39 is 11.6 Å². The quantitative estimate of drug-likeness (QED) is 0.216. The Morgan fingerprint density at radius 3 is 2.42 bits per heavy atom. The number of hydrogen-bond acceptors (Lipinski definition) is 4. The maximum absolute atomic E-state index is 14.2. The van der Waals surface area contributed by atoms with Gasteiger partial charge in [0.1, 0.15) is 17.5 Å². The lowest BCUT2D eigenvalue weighted by Gasteiger charge is -2.30. The second-order valence-electron chi connectivity index (χ2n) is 9.17. The van der Waals surface area contributed by atoms with Crippen molar-refractivity contribution in [3.05, 3.63) is 76.9 Å². The second kappa shape index (κ2) is 13.9. The standard InChI is InChI=1S/C29H35ClF2N4/c1-7-10-22(16-33)23(9-3)20(6)21(8-2)11-12-34-28-19(5)15-25(30)29(36-28)35-17-24-26(31)13-18(4)14-27(24)32/h7,9,12-15,20-23H,1,3,8,10-11,17H2,2,4-6H3,(H,35,36)/t20-,21?,22?,23+/m1/s1. The van der Waals surface area contributed by atoms with Crippen molar-refractivity contribution >= 4 is 29.5 Å². The number of nitrogens with one attached hydrogen (secondary N) is 1. The van der Waals surface area contributed by atoms with Crippen LogP contribution in [0.5, 0.6) is 0 Å². The molecule has 0 spiro atoms. The first kappa shape index (κ1) is 29.2. The number of rotatable bonds is 13. The highest BCUT2D eigenvalue weighted by molar-refractivity contribution is 6.33. The van der Waals surface area contributed by atoms with Crippen LogP contribution < -0.4 is 5.32 Å². The van der Waals surface area contributed by atoms with Crippen LogP contribution in [0.1, 0.15) is 49.8 Å². The third-order valence-corrected chi connectivity index (χ3v) is 6.97. The Bertz CT molecular complexity index is 1120. The SMILES string of the molecule is C=CCC(C#N)[C@@H](C=C)[C@H](C)C(CC)CC=Nc1nc(NCc2c(F)cc(C)cc2F)c(Cl)cc1C. The third-order valence-electron chi connectivity index (χ3n) is 6.68. The molecule has 36 heavy (non-hydrogen) atoms. The number of halogens is 3. The van der Waals surface area contributed by atoms with Crippen molar-refractivity contribution in [2.75, 3.05) is 5.32 Å². The maximum atomic E-state index is 14.2. The summed E-state index contributed by atoms with van der Waals surface area (Å²) in [4.78, 5) is 9.07. The minimum Gasteiger partial charge on any atom is -0.364 e. The van der Waals surface area contributed by atoms with Crippen LogP contribution in [0.15, 0.2) is 48.5 Å². The molecular formula is C29H35ClF2N4. The number of allylic oxidation sites excluding steroid dienone is 2. The van der Waals surface area contributed by atoms with E-state index in [0.717, 1.165) is 12.0 Å². The normalized spacial score (nSPS) is 14.6. The molecule has 0 aliphatic rings. The fraction of sp³-hybridized carbons (Fsp3) is 0.414. The molecule has 1 heterocycles. The molecule has 4 nitrogen and oxygen atoms in total. The number of pyridine rings is 1. The highest BCUT2D eigenvalue weighted by Crippen LogP contribution is 2.34. The minimum absolute atomic E-state index is 0.0557. The lowest BCUT2D eigenvalue weighted by molar-refractivity contribution is 0.245. The molecular weight excluding hydrogens is 478 g/mol. The van der Waals surface area contributed by atoms with Crippen LogP contribution in [0.2, 0.25) is 5.02 Å². The monoisotopic (exact) mass is 512 g/mol. The van der Waals surface area contributed by atoms with Crippen LogP contribution in [0.4, 0.5) is 20.4 Å². The zero-order valence-corrected chi connectivity index (χ0v) is 22.2. The summed E-state index contributed by atoms with van der Waals surface area (Å²) in [6, 6.07) is 6.70. The average Bonchev–Trinajstić information content (AvgIpc) is 2.82. The largest absolute Gasteiger partial charge is 0.364 e. The smallest absolute Gasteiger partial charge is 0.156 e. The zero-order valence-electron chi connectivity index (χ0n) is 21.5. The van der Waals surface area contributed by atoms with E-state index in [4.69, 9.17) is 11.6 Å². The third kappa shape index (κ3) is 7.48. The fourth-order valence-electron chi connectivity index (χ4n) is 4.46. The predicted molar refractivity (Wildman–Crippen MR) is 146 cm³/mol. The molecule has 2 rings (SSSR count). The van der Waals surface area contributed by atoms with Crippen LogP contribution in [0.25, 0.3) is 0 Å². The van der Waals surface area contributed by atoms with Gasteiger partial charge in [-0.3, -0.25) is 0 Å². The van der Waals surface area contributed by atoms with E-state index in [9.17, 15) is 14.0 Å². The van der Waals surface area contributed by atoms with Crippen LogP contribution in [0, 0.1) is 60.5 Å². The molecule has 0 aliphatic carbocycles. The highest BCUT2D eigenvalue weighted by Gasteiger charge is 2.28. The van der Waals surface area contributed by atoms with Crippen molar-refractivity contribution < 1.29 is 8.78 Å². The van der Waals surface area contributed by atoms with Gasteiger partial charge in [0.05, 0.1) is 17.0 Å². The van der Waals surface area contributed by atoms with Crippen LogP contribution in [0.3, 0.4) is 0 Å². The van der Waals surface area contributed by atoms with Crippen molar-refractivity contribution in [2.45, 2.75) is 53.5 Å². The first-order valence-corrected chi connectivity index (χ1v) is 12.6. The number of aromatic nitrogens is 1. The number of nitrogens with zero attached hydrogens (tertiary/aromatic N) is 3. The molecule has 0 saturated heterocycles. The van der Waals surface area contributed by atoms with E-state index in [1.807, 2.05) is 19.2 Å². The van der Waals surface area contributed by atoms with Gasteiger partial charge in [-0.25, -0.2) is 18.8 Å². The van der Waals surface area contributed by atoms with Crippen molar-refractivity contribution in [3.63, 3.8) is 0 Å². The summed E-state index contributed by atoms with van der Waals surface area (Å²) < 4.78 is 28.4. The summed E-state index contributed by atoms with van der Waals surface area (Å²) in [6.45, 7) is 15.4. The summed E-state index contributed by atoms with van der Waals surface area (Å²) in [5.41, 5.74) is 1.22. The predicted octanol–water partition coefficient (Wildman–Crippen LogP) is 8.51. The number of anilines is 1. The molecule has 0 radical (unpaired) electrons. The molecule has 4 atom stereocenters. The van der Waals surface area contributed by atoms with Gasteiger partial charge in [0.2, 0.25) is 0 Å². The van der Waals surface area contributed by atoms with Gasteiger partial charge in [-0.2, -0.15) is 5.26 Å². The fourth-order valence-corrected chi connectivity index (χ4v) is 4.73. The number of nitriles is 1. The number of hydrogen-bond donors (Lipinski definition) is 1. The average molecular weight is 513 g/mol. The Kier molecular flexibility index (Phi) is 11.3. The lowest BCUT2D eigenvalue weighted by atomic mass is 9.73. The van der Waals surface area contributed by atoms with Crippen molar-refractivity contribution in [3.8, 4) is 6.07 Å². The Morgan fingerprint density at radius 1 is 1.19 bits per heavy atom. The van der Waals surface area contributed by atoms with Crippen molar-refractivity contribution in [2.24, 2.45) is 28.7 Å². The van der Waals surface area contributed by atoms with Gasteiger partial charge in [0.15, 0.2) is 5.82 Å². The van der Waals surface area contributed by atoms with Gasteiger partial charge in [-0.1, -0.05) is 44.0 Å². The van der Waals surface area contributed by atoms with Crippen LogP contribution in [-0.4, -0.2) is 11.2 Å². The zero-order chi connectivity index (χ0) is 26.8. The Balaban J connectivity index is 2.17. The summed E-state index contributed by atoms with van der Waals surface area (Å²) >= 11 is 6.33. The molecule has 7 heteroatoms. The molecule has 1 aromatic carbocycles. The molecule has 192 valence electrons. The molecule has 0 fully saturated rings. The van der Waals surface area contributed by atoms with E-state index in [1.54, 1.807) is 19.1 Å². The number of aryl methyl sites for hydroxylation is 2. The van der Waals surface area contributed by atoms with Gasteiger partial charge in [0.25, 0.3) is 0 Å². The van der Waals surface area contributed by atoms with E-state index >= 15 is 0 Å². The Hall–Kier alpha value is -3.04. The maximum Gasteiger partial charge on any atom is 0.156 e. The van der Waals surface area contributed by atoms with Gasteiger partial charge in [-0.05, 0) is 73.8 Å². The summed E-state index contributed by atoms with van der Waals surface area (Å²) in [7, 11) is 0. The Labute approximate surface area is 218 Å². The second-order valence-corrected chi connectivity index (χ2v) is 9.58. The molecule has 0 saturated carbocycles. The molecule has 2 unspecified atom stereocenters. The highest BCUT2D eigenvalue weighted by atomic mass is 35.5. The van der Waals surface area contributed by atoms with Crippen LogP contribution in [-0.2, 0) is 6.54 Å². The van der Waals surface area contributed by atoms with Gasteiger partial charge in [-0.15, -0.1) is 13.2 Å². The summed E-state index contributed by atoms with van der Waals surface area (Å²) in [5, 5.41) is 12.9.